The zero-order valence-electron chi connectivity index (χ0n) is 19.6. The second kappa shape index (κ2) is 12.8. The van der Waals surface area contributed by atoms with Gasteiger partial charge in [-0.3, -0.25) is 19.2 Å². The summed E-state index contributed by atoms with van der Waals surface area (Å²) in [5.41, 5.74) is 1.09. The molecule has 2 atom stereocenters. The molecule has 1 aromatic carbocycles. The standard InChI is InChI=1S/C23H33N3O7/c1-5-12-32-21(33-16(3)27)14-25-23(30)18-9-7-11-26(18)20(28)13-24-22(29)17-8-6-10-19(31-4)15(17)2/h6,8,10,18,21H,5,7,9,11-14H2,1-4H3,(H,24,29)(H,25,30)/t18-,21+/m0/s1. The summed E-state index contributed by atoms with van der Waals surface area (Å²) in [5.74, 6) is -1.02. The highest BCUT2D eigenvalue weighted by Crippen LogP contribution is 2.21. The highest BCUT2D eigenvalue weighted by Gasteiger charge is 2.34. The third-order valence-electron chi connectivity index (χ3n) is 5.27. The molecule has 0 radical (unpaired) electrons. The van der Waals surface area contributed by atoms with Crippen molar-refractivity contribution in [2.75, 3.05) is 33.4 Å². The van der Waals surface area contributed by atoms with Gasteiger partial charge in [-0.15, -0.1) is 0 Å². The lowest BCUT2D eigenvalue weighted by atomic mass is 10.1. The number of hydrogen-bond acceptors (Lipinski definition) is 7. The van der Waals surface area contributed by atoms with E-state index in [2.05, 4.69) is 10.6 Å². The van der Waals surface area contributed by atoms with Gasteiger partial charge in [-0.25, -0.2) is 0 Å². The Morgan fingerprint density at radius 2 is 1.97 bits per heavy atom. The summed E-state index contributed by atoms with van der Waals surface area (Å²) in [6.07, 6.45) is 1.03. The first kappa shape index (κ1) is 26.1. The average Bonchev–Trinajstić information content (AvgIpc) is 3.29. The lowest BCUT2D eigenvalue weighted by Gasteiger charge is -2.25. The summed E-state index contributed by atoms with van der Waals surface area (Å²) in [5, 5.41) is 5.33. The van der Waals surface area contributed by atoms with Gasteiger partial charge in [0.25, 0.3) is 5.91 Å². The van der Waals surface area contributed by atoms with E-state index in [-0.39, 0.29) is 24.9 Å². The number of benzene rings is 1. The topological polar surface area (TPSA) is 123 Å². The van der Waals surface area contributed by atoms with Crippen molar-refractivity contribution >= 4 is 23.7 Å². The van der Waals surface area contributed by atoms with Crippen molar-refractivity contribution in [1.82, 2.24) is 15.5 Å². The second-order valence-corrected chi connectivity index (χ2v) is 7.72. The first-order chi connectivity index (χ1) is 15.8. The van der Waals surface area contributed by atoms with Crippen molar-refractivity contribution < 1.29 is 33.4 Å². The molecule has 0 unspecified atom stereocenters. The number of carbonyl (C=O) groups excluding carboxylic acids is 4. The minimum atomic E-state index is -0.887. The molecule has 0 spiro atoms. The van der Waals surface area contributed by atoms with Gasteiger partial charge in [0.15, 0.2) is 0 Å². The van der Waals surface area contributed by atoms with Crippen LogP contribution < -0.4 is 15.4 Å². The molecule has 0 bridgehead atoms. The van der Waals surface area contributed by atoms with Crippen LogP contribution in [0.1, 0.15) is 49.0 Å². The molecule has 1 fully saturated rings. The summed E-state index contributed by atoms with van der Waals surface area (Å²) < 4.78 is 15.7. The Hall–Kier alpha value is -3.14. The summed E-state index contributed by atoms with van der Waals surface area (Å²) in [4.78, 5) is 50.7. The molecule has 0 aliphatic carbocycles. The Kier molecular flexibility index (Phi) is 10.1. The van der Waals surface area contributed by atoms with Gasteiger partial charge in [0, 0.05) is 24.6 Å². The Bertz CT molecular complexity index is 858. The fourth-order valence-electron chi connectivity index (χ4n) is 3.64. The average molecular weight is 464 g/mol. The first-order valence-corrected chi connectivity index (χ1v) is 11.1. The summed E-state index contributed by atoms with van der Waals surface area (Å²) in [6, 6.07) is 4.46. The van der Waals surface area contributed by atoms with E-state index < -0.39 is 24.2 Å². The molecule has 10 nitrogen and oxygen atoms in total. The molecule has 0 saturated carbocycles. The number of rotatable bonds is 11. The molecular formula is C23H33N3O7. The quantitative estimate of drug-likeness (QED) is 0.373. The monoisotopic (exact) mass is 463 g/mol. The van der Waals surface area contributed by atoms with E-state index in [1.54, 1.807) is 25.1 Å². The van der Waals surface area contributed by atoms with E-state index in [1.807, 2.05) is 6.92 Å². The van der Waals surface area contributed by atoms with E-state index in [1.165, 1.54) is 18.9 Å². The van der Waals surface area contributed by atoms with Crippen molar-refractivity contribution in [3.8, 4) is 5.75 Å². The van der Waals surface area contributed by atoms with Gasteiger partial charge >= 0.3 is 5.97 Å². The fourth-order valence-corrected chi connectivity index (χ4v) is 3.64. The van der Waals surface area contributed by atoms with Gasteiger partial charge in [0.1, 0.15) is 11.8 Å². The molecule has 1 saturated heterocycles. The number of esters is 1. The second-order valence-electron chi connectivity index (χ2n) is 7.72. The summed E-state index contributed by atoms with van der Waals surface area (Å²) >= 11 is 0. The van der Waals surface area contributed by atoms with Crippen LogP contribution in [0.2, 0.25) is 0 Å². The molecule has 2 N–H and O–H groups in total. The van der Waals surface area contributed by atoms with Gasteiger partial charge < -0.3 is 29.7 Å². The van der Waals surface area contributed by atoms with Crippen molar-refractivity contribution in [2.45, 2.75) is 52.4 Å². The van der Waals surface area contributed by atoms with Gasteiger partial charge in [-0.2, -0.15) is 0 Å². The fraction of sp³-hybridized carbons (Fsp3) is 0.565. The van der Waals surface area contributed by atoms with Crippen LogP contribution in [0.25, 0.3) is 0 Å². The van der Waals surface area contributed by atoms with E-state index in [0.717, 1.165) is 6.42 Å². The number of methoxy groups -OCH3 is 1. The molecule has 1 aliphatic heterocycles. The third-order valence-corrected chi connectivity index (χ3v) is 5.27. The maximum atomic E-state index is 12.7. The van der Waals surface area contributed by atoms with E-state index >= 15 is 0 Å². The van der Waals surface area contributed by atoms with E-state index in [4.69, 9.17) is 14.2 Å². The first-order valence-electron chi connectivity index (χ1n) is 11.1. The molecular weight excluding hydrogens is 430 g/mol. The van der Waals surface area contributed by atoms with Crippen molar-refractivity contribution in [3.05, 3.63) is 29.3 Å². The molecule has 2 rings (SSSR count). The third kappa shape index (κ3) is 7.45. The number of carbonyl (C=O) groups is 4. The minimum Gasteiger partial charge on any atom is -0.496 e. The molecule has 182 valence electrons. The predicted molar refractivity (Wildman–Crippen MR) is 120 cm³/mol. The van der Waals surface area contributed by atoms with Crippen LogP contribution in [0, 0.1) is 6.92 Å². The van der Waals surface area contributed by atoms with Crippen molar-refractivity contribution in [1.29, 1.82) is 0 Å². The van der Waals surface area contributed by atoms with Gasteiger partial charge in [-0.1, -0.05) is 13.0 Å². The van der Waals surface area contributed by atoms with Gasteiger partial charge in [0.2, 0.25) is 18.1 Å². The molecule has 0 aromatic heterocycles. The molecule has 1 aromatic rings. The number of amides is 3. The van der Waals surface area contributed by atoms with Crippen LogP contribution in [0.3, 0.4) is 0 Å². The van der Waals surface area contributed by atoms with Crippen LogP contribution in [-0.2, 0) is 23.9 Å². The molecule has 10 heteroatoms. The molecule has 1 heterocycles. The van der Waals surface area contributed by atoms with Crippen LogP contribution in [0.15, 0.2) is 18.2 Å². The van der Waals surface area contributed by atoms with Crippen LogP contribution >= 0.6 is 0 Å². The molecule has 3 amide bonds. The number of likely N-dealkylation sites (tertiary alicyclic amines) is 1. The van der Waals surface area contributed by atoms with E-state index in [9.17, 15) is 19.2 Å². The zero-order valence-corrected chi connectivity index (χ0v) is 19.6. The normalized spacial score (nSPS) is 16.1. The minimum absolute atomic E-state index is 0.0111. The largest absolute Gasteiger partial charge is 0.496 e. The van der Waals surface area contributed by atoms with Crippen LogP contribution in [-0.4, -0.2) is 74.3 Å². The van der Waals surface area contributed by atoms with Gasteiger partial charge in [-0.05, 0) is 38.3 Å². The SMILES string of the molecule is CCCO[C@@H](CNC(=O)[C@@H]1CCCN1C(=O)CNC(=O)c1cccc(OC)c1C)OC(C)=O. The Morgan fingerprint density at radius 3 is 2.64 bits per heavy atom. The molecule has 33 heavy (non-hydrogen) atoms. The number of nitrogens with zero attached hydrogens (tertiary/aromatic N) is 1. The van der Waals surface area contributed by atoms with Gasteiger partial charge in [0.05, 0.1) is 26.8 Å². The van der Waals surface area contributed by atoms with Crippen LogP contribution in [0.5, 0.6) is 5.75 Å². The predicted octanol–water partition coefficient (Wildman–Crippen LogP) is 1.16. The number of nitrogens with one attached hydrogen (secondary N) is 2. The Morgan fingerprint density at radius 1 is 1.21 bits per heavy atom. The highest BCUT2D eigenvalue weighted by molar-refractivity contribution is 5.98. The summed E-state index contributed by atoms with van der Waals surface area (Å²) in [6.45, 7) is 5.52. The Labute approximate surface area is 193 Å². The number of ether oxygens (including phenoxy) is 3. The number of hydrogen-bond donors (Lipinski definition) is 2. The van der Waals surface area contributed by atoms with E-state index in [0.29, 0.717) is 42.9 Å². The zero-order chi connectivity index (χ0) is 24.4. The molecule has 1 aliphatic rings. The Balaban J connectivity index is 1.91. The van der Waals surface area contributed by atoms with Crippen molar-refractivity contribution in [2.24, 2.45) is 0 Å². The lowest BCUT2D eigenvalue weighted by Crippen LogP contribution is -2.50. The summed E-state index contributed by atoms with van der Waals surface area (Å²) in [7, 11) is 1.52. The maximum absolute atomic E-state index is 12.7. The highest BCUT2D eigenvalue weighted by atomic mass is 16.7. The van der Waals surface area contributed by atoms with Crippen LogP contribution in [0.4, 0.5) is 0 Å². The lowest BCUT2D eigenvalue weighted by molar-refractivity contribution is -0.176. The smallest absolute Gasteiger partial charge is 0.305 e. The maximum Gasteiger partial charge on any atom is 0.305 e. The van der Waals surface area contributed by atoms with Crippen molar-refractivity contribution in [3.63, 3.8) is 0 Å².